The highest BCUT2D eigenvalue weighted by atomic mass is 16.3. The molecule has 1 unspecified atom stereocenters. The summed E-state index contributed by atoms with van der Waals surface area (Å²) in [7, 11) is 0. The van der Waals surface area contributed by atoms with Crippen molar-refractivity contribution in [2.75, 3.05) is 26.2 Å². The first-order valence-corrected chi connectivity index (χ1v) is 15.9. The lowest BCUT2D eigenvalue weighted by Gasteiger charge is -2.17. The fourth-order valence-corrected chi connectivity index (χ4v) is 4.06. The summed E-state index contributed by atoms with van der Waals surface area (Å²) in [5, 5.41) is 21.5. The van der Waals surface area contributed by atoms with Crippen LogP contribution in [0.4, 0.5) is 0 Å². The number of nitrogens with one attached hydrogen (secondary N) is 5. The van der Waals surface area contributed by atoms with Gasteiger partial charge in [0.05, 0.1) is 32.2 Å². The standard InChI is InChI=1S/C33H45N5O11/c1-3-23(40)17-34-30(46)12-8-25(42)18-35-31(47)13-9-26(43)19-36-32(48)14-10-27(44)20-37-33(49)15-11-29(45)28(38-21(2)39)16-22-4-6-24(41)7-5-22/h4-7,28,41H,3,8-20H2,1-2H3,(H,34,46)(H,35,47)(H,36,48)(H,37,49)(H,38,39). The SMILES string of the molecule is CCC(=O)CNC(=O)CCC(=O)CNC(=O)CCC(=O)CNC(=O)CCC(=O)CNC(=O)CCC(=O)C(Cc1ccc(O)cc1)NC(C)=O. The highest BCUT2D eigenvalue weighted by molar-refractivity contribution is 5.94. The number of aromatic hydroxyl groups is 1. The van der Waals surface area contributed by atoms with Crippen molar-refractivity contribution in [1.82, 2.24) is 26.6 Å². The van der Waals surface area contributed by atoms with E-state index in [0.29, 0.717) is 5.56 Å². The second-order valence-electron chi connectivity index (χ2n) is 11.2. The molecular formula is C33H45N5O11. The number of Topliss-reactive ketones (excluding diaryl/α,β-unsaturated/α-hetero) is 5. The molecular weight excluding hydrogens is 642 g/mol. The lowest BCUT2D eigenvalue weighted by molar-refractivity contribution is -0.129. The quantitative estimate of drug-likeness (QED) is 0.0748. The van der Waals surface area contributed by atoms with E-state index < -0.39 is 52.9 Å². The smallest absolute Gasteiger partial charge is 0.220 e. The number of hydrogen-bond donors (Lipinski definition) is 6. The molecule has 16 heteroatoms. The molecule has 0 aliphatic heterocycles. The van der Waals surface area contributed by atoms with Crippen LogP contribution in [0.15, 0.2) is 24.3 Å². The Morgan fingerprint density at radius 2 is 0.918 bits per heavy atom. The van der Waals surface area contributed by atoms with Crippen LogP contribution in [0.1, 0.15) is 77.2 Å². The number of amides is 5. The molecule has 0 radical (unpaired) electrons. The number of ketones is 5. The van der Waals surface area contributed by atoms with Gasteiger partial charge in [0.1, 0.15) is 5.75 Å². The van der Waals surface area contributed by atoms with E-state index in [9.17, 15) is 53.1 Å². The molecule has 0 spiro atoms. The minimum atomic E-state index is -0.877. The van der Waals surface area contributed by atoms with Gasteiger partial charge < -0.3 is 31.7 Å². The van der Waals surface area contributed by atoms with Gasteiger partial charge in [-0.15, -0.1) is 0 Å². The summed E-state index contributed by atoms with van der Waals surface area (Å²) in [6.45, 7) is 1.76. The first-order chi connectivity index (χ1) is 23.2. The summed E-state index contributed by atoms with van der Waals surface area (Å²) in [6, 6.07) is 5.24. The number of rotatable bonds is 25. The molecule has 6 N–H and O–H groups in total. The van der Waals surface area contributed by atoms with Gasteiger partial charge in [0.2, 0.25) is 29.5 Å². The lowest BCUT2D eigenvalue weighted by Crippen LogP contribution is -2.41. The van der Waals surface area contributed by atoms with Crippen LogP contribution in [0.2, 0.25) is 0 Å². The van der Waals surface area contributed by atoms with Crippen molar-refractivity contribution in [3.63, 3.8) is 0 Å². The Morgan fingerprint density at radius 3 is 1.29 bits per heavy atom. The molecule has 5 amide bonds. The maximum atomic E-state index is 12.7. The molecule has 0 saturated carbocycles. The first kappa shape index (κ1) is 41.7. The lowest BCUT2D eigenvalue weighted by atomic mass is 9.99. The summed E-state index contributed by atoms with van der Waals surface area (Å²) < 4.78 is 0. The Morgan fingerprint density at radius 1 is 0.551 bits per heavy atom. The molecule has 1 aromatic carbocycles. The van der Waals surface area contributed by atoms with Crippen molar-refractivity contribution in [2.24, 2.45) is 0 Å². The molecule has 16 nitrogen and oxygen atoms in total. The second kappa shape index (κ2) is 23.1. The van der Waals surface area contributed by atoms with Crippen molar-refractivity contribution in [3.05, 3.63) is 29.8 Å². The zero-order valence-electron chi connectivity index (χ0n) is 27.8. The Bertz CT molecular complexity index is 1380. The zero-order chi connectivity index (χ0) is 36.8. The number of phenols is 1. The van der Waals surface area contributed by atoms with Gasteiger partial charge in [0.25, 0.3) is 0 Å². The topological polar surface area (TPSA) is 251 Å². The Labute approximate surface area is 283 Å². The highest BCUT2D eigenvalue weighted by Crippen LogP contribution is 2.12. The van der Waals surface area contributed by atoms with E-state index in [2.05, 4.69) is 26.6 Å². The van der Waals surface area contributed by atoms with E-state index in [-0.39, 0.29) is 108 Å². The fraction of sp³-hybridized carbons (Fsp3) is 0.515. The summed E-state index contributed by atoms with van der Waals surface area (Å²) in [5.41, 5.74) is 0.696. The summed E-state index contributed by atoms with van der Waals surface area (Å²) >= 11 is 0. The highest BCUT2D eigenvalue weighted by Gasteiger charge is 2.21. The van der Waals surface area contributed by atoms with Gasteiger partial charge in [-0.25, -0.2) is 0 Å². The summed E-state index contributed by atoms with van der Waals surface area (Å²) in [5.74, 6) is -4.38. The van der Waals surface area contributed by atoms with Crippen LogP contribution < -0.4 is 26.6 Å². The molecule has 0 aliphatic carbocycles. The van der Waals surface area contributed by atoms with Crippen LogP contribution in [0.3, 0.4) is 0 Å². The van der Waals surface area contributed by atoms with E-state index in [4.69, 9.17) is 0 Å². The second-order valence-corrected chi connectivity index (χ2v) is 11.2. The van der Waals surface area contributed by atoms with Gasteiger partial charge in [0.15, 0.2) is 28.9 Å². The number of carbonyl (C=O) groups excluding carboxylic acids is 10. The average molecular weight is 688 g/mol. The van der Waals surface area contributed by atoms with E-state index in [1.54, 1.807) is 19.1 Å². The van der Waals surface area contributed by atoms with Crippen LogP contribution in [0.25, 0.3) is 0 Å². The average Bonchev–Trinajstić information content (AvgIpc) is 3.07. The molecule has 0 aliphatic rings. The largest absolute Gasteiger partial charge is 0.508 e. The van der Waals surface area contributed by atoms with Crippen LogP contribution in [-0.4, -0.2) is 95.8 Å². The minimum Gasteiger partial charge on any atom is -0.508 e. The fourth-order valence-electron chi connectivity index (χ4n) is 4.06. The molecule has 0 heterocycles. The van der Waals surface area contributed by atoms with Gasteiger partial charge in [-0.05, 0) is 24.1 Å². The normalized spacial score (nSPS) is 11.0. The molecule has 268 valence electrons. The van der Waals surface area contributed by atoms with Crippen molar-refractivity contribution in [2.45, 2.75) is 84.1 Å². The number of benzene rings is 1. The van der Waals surface area contributed by atoms with E-state index in [1.165, 1.54) is 19.1 Å². The maximum absolute atomic E-state index is 12.7. The van der Waals surface area contributed by atoms with Crippen LogP contribution in [0, 0.1) is 0 Å². The third-order valence-corrected chi connectivity index (χ3v) is 6.96. The van der Waals surface area contributed by atoms with E-state index in [1.807, 2.05) is 0 Å². The van der Waals surface area contributed by atoms with Crippen molar-refractivity contribution >= 4 is 58.5 Å². The van der Waals surface area contributed by atoms with E-state index >= 15 is 0 Å². The molecule has 1 rings (SSSR count). The zero-order valence-corrected chi connectivity index (χ0v) is 27.8. The molecule has 0 fully saturated rings. The molecule has 1 aromatic rings. The monoisotopic (exact) mass is 687 g/mol. The summed E-state index contributed by atoms with van der Waals surface area (Å²) in [4.78, 5) is 119. The number of hydrogen-bond acceptors (Lipinski definition) is 11. The molecule has 0 bridgehead atoms. The van der Waals surface area contributed by atoms with Crippen molar-refractivity contribution in [1.29, 1.82) is 0 Å². The number of carbonyl (C=O) groups is 10. The number of phenolic OH excluding ortho intramolecular Hbond substituents is 1. The molecule has 0 aromatic heterocycles. The first-order valence-electron chi connectivity index (χ1n) is 15.9. The third-order valence-electron chi connectivity index (χ3n) is 6.96. The predicted octanol–water partition coefficient (Wildman–Crippen LogP) is -0.719. The van der Waals surface area contributed by atoms with E-state index in [0.717, 1.165) is 0 Å². The Kier molecular flexibility index (Phi) is 19.7. The Hall–Kier alpha value is -5.28. The Balaban J connectivity index is 2.22. The van der Waals surface area contributed by atoms with Crippen LogP contribution in [-0.2, 0) is 54.4 Å². The van der Waals surface area contributed by atoms with Gasteiger partial charge in [0, 0.05) is 64.7 Å². The predicted molar refractivity (Wildman–Crippen MR) is 174 cm³/mol. The third kappa shape index (κ3) is 20.5. The van der Waals surface area contributed by atoms with Gasteiger partial charge in [-0.2, -0.15) is 0 Å². The molecule has 1 atom stereocenters. The van der Waals surface area contributed by atoms with Crippen LogP contribution >= 0.6 is 0 Å². The molecule has 0 saturated heterocycles. The van der Waals surface area contributed by atoms with Gasteiger partial charge in [-0.3, -0.25) is 47.9 Å². The molecule has 49 heavy (non-hydrogen) atoms. The van der Waals surface area contributed by atoms with Crippen LogP contribution in [0.5, 0.6) is 5.75 Å². The maximum Gasteiger partial charge on any atom is 0.220 e. The van der Waals surface area contributed by atoms with Gasteiger partial charge in [-0.1, -0.05) is 19.1 Å². The minimum absolute atomic E-state index is 0.0528. The summed E-state index contributed by atoms with van der Waals surface area (Å²) in [6.07, 6.45) is -1.11. The van der Waals surface area contributed by atoms with Crippen molar-refractivity contribution < 1.29 is 53.1 Å². The van der Waals surface area contributed by atoms with Crippen molar-refractivity contribution in [3.8, 4) is 5.75 Å². The van der Waals surface area contributed by atoms with Gasteiger partial charge >= 0.3 is 0 Å².